The SMILES string of the molecule is C=C(F)C(=O)C(C)CC.CC/C=C(/c1c(N2CC(O)(CO)C2)ccnc1Nc1ccc(OC(C)(F)F)cc1)C(CC)CC. The second kappa shape index (κ2) is 15.9. The molecule has 1 aromatic carbocycles. The Hall–Kier alpha value is -3.37. The maximum atomic E-state index is 13.2. The van der Waals surface area contributed by atoms with Crippen molar-refractivity contribution in [3.8, 4) is 5.75 Å². The number of ketones is 1. The number of hydrogen-bond acceptors (Lipinski definition) is 7. The third kappa shape index (κ3) is 10.1. The van der Waals surface area contributed by atoms with Crippen molar-refractivity contribution < 1.29 is 32.9 Å². The second-order valence-electron chi connectivity index (χ2n) is 11.0. The van der Waals surface area contributed by atoms with Gasteiger partial charge in [-0.25, -0.2) is 9.37 Å². The predicted molar refractivity (Wildman–Crippen MR) is 167 cm³/mol. The van der Waals surface area contributed by atoms with Crippen LogP contribution in [0, 0.1) is 11.8 Å². The Morgan fingerprint density at radius 2 is 1.77 bits per heavy atom. The topological polar surface area (TPSA) is 94.9 Å². The van der Waals surface area contributed by atoms with E-state index >= 15 is 0 Å². The highest BCUT2D eigenvalue weighted by Crippen LogP contribution is 2.42. The van der Waals surface area contributed by atoms with E-state index in [2.05, 4.69) is 48.5 Å². The van der Waals surface area contributed by atoms with Crippen LogP contribution in [0.25, 0.3) is 5.57 Å². The normalized spacial score (nSPS) is 15.3. The summed E-state index contributed by atoms with van der Waals surface area (Å²) in [5.74, 6) is -0.473. The van der Waals surface area contributed by atoms with Gasteiger partial charge in [-0.3, -0.25) is 4.79 Å². The van der Waals surface area contributed by atoms with Crippen LogP contribution in [0.3, 0.4) is 0 Å². The van der Waals surface area contributed by atoms with Crippen LogP contribution in [0.2, 0.25) is 0 Å². The van der Waals surface area contributed by atoms with E-state index in [9.17, 15) is 28.2 Å². The Labute approximate surface area is 253 Å². The molecule has 2 aromatic rings. The first-order chi connectivity index (χ1) is 20.2. The van der Waals surface area contributed by atoms with E-state index in [1.165, 1.54) is 17.7 Å². The quantitative estimate of drug-likeness (QED) is 0.190. The number of nitrogens with one attached hydrogen (secondary N) is 1. The number of aromatic nitrogens is 1. The van der Waals surface area contributed by atoms with Crippen LogP contribution in [-0.2, 0) is 4.79 Å². The monoisotopic (exact) mass is 605 g/mol. The first-order valence-electron chi connectivity index (χ1n) is 14.8. The standard InChI is InChI=1S/C26H35F2N3O3.C7H11FO/c1-5-8-21(18(6-2)7-3)23-22(31-15-26(33,16-31)17-32)13-14-29-24(23)30-19-9-11-20(12-10-19)34-25(4,27)28;1-4-5(2)7(9)6(3)8/h8-14,18,32-33H,5-7,15-17H2,1-4H3,(H,29,30);5H,3-4H2,1-2H3/b21-8+;. The molecule has 1 aliphatic rings. The van der Waals surface area contributed by atoms with E-state index < -0.39 is 23.3 Å². The van der Waals surface area contributed by atoms with Gasteiger partial charge in [0.1, 0.15) is 17.2 Å². The zero-order valence-corrected chi connectivity index (χ0v) is 26.1. The second-order valence-corrected chi connectivity index (χ2v) is 11.0. The molecule has 0 aliphatic carbocycles. The lowest BCUT2D eigenvalue weighted by atomic mass is 9.85. The van der Waals surface area contributed by atoms with Crippen molar-refractivity contribution in [3.63, 3.8) is 0 Å². The molecule has 1 fully saturated rings. The summed E-state index contributed by atoms with van der Waals surface area (Å²) in [4.78, 5) is 17.3. The van der Waals surface area contributed by atoms with Crippen molar-refractivity contribution in [2.45, 2.75) is 78.9 Å². The van der Waals surface area contributed by atoms with E-state index in [0.29, 0.717) is 43.9 Å². The molecule has 2 heterocycles. The zero-order chi connectivity index (χ0) is 32.4. The highest BCUT2D eigenvalue weighted by atomic mass is 19.3. The van der Waals surface area contributed by atoms with Gasteiger partial charge in [-0.05, 0) is 67.5 Å². The molecule has 1 aliphatic heterocycles. The molecule has 0 amide bonds. The lowest BCUT2D eigenvalue weighted by molar-refractivity contribution is -0.158. The van der Waals surface area contributed by atoms with Gasteiger partial charge in [0, 0.05) is 36.0 Å². The largest absolute Gasteiger partial charge is 0.433 e. The number of aliphatic hydroxyl groups is 2. The molecular weight excluding hydrogens is 559 g/mol. The van der Waals surface area contributed by atoms with Gasteiger partial charge in [0.05, 0.1) is 19.7 Å². The Morgan fingerprint density at radius 1 is 1.16 bits per heavy atom. The van der Waals surface area contributed by atoms with Gasteiger partial charge in [0.25, 0.3) is 0 Å². The maximum absolute atomic E-state index is 13.2. The highest BCUT2D eigenvalue weighted by molar-refractivity contribution is 5.94. The number of rotatable bonds is 14. The third-order valence-corrected chi connectivity index (χ3v) is 7.41. The minimum Gasteiger partial charge on any atom is -0.433 e. The number of alkyl halides is 2. The van der Waals surface area contributed by atoms with Crippen LogP contribution in [0.1, 0.15) is 72.8 Å². The van der Waals surface area contributed by atoms with Gasteiger partial charge < -0.3 is 25.2 Å². The molecule has 7 nitrogen and oxygen atoms in total. The van der Waals surface area contributed by atoms with Crippen LogP contribution in [0.15, 0.2) is 55.0 Å². The summed E-state index contributed by atoms with van der Waals surface area (Å²) < 4.78 is 42.9. The number of anilines is 3. The van der Waals surface area contributed by atoms with Crippen LogP contribution in [-0.4, -0.2) is 52.4 Å². The number of ether oxygens (including phenoxy) is 1. The molecule has 1 saturated heterocycles. The Bertz CT molecular complexity index is 1230. The number of pyridine rings is 1. The summed E-state index contributed by atoms with van der Waals surface area (Å²) in [5.41, 5.74) is 2.66. The third-order valence-electron chi connectivity index (χ3n) is 7.41. The molecule has 0 radical (unpaired) electrons. The van der Waals surface area contributed by atoms with Crippen LogP contribution in [0.4, 0.5) is 30.4 Å². The number of Topliss-reactive ketones (excluding diaryl/α,β-unsaturated/α-hetero) is 1. The van der Waals surface area contributed by atoms with Crippen molar-refractivity contribution in [1.82, 2.24) is 4.98 Å². The van der Waals surface area contributed by atoms with E-state index in [1.54, 1.807) is 25.3 Å². The molecular formula is C33H46F3N3O4. The van der Waals surface area contributed by atoms with Crippen LogP contribution < -0.4 is 15.0 Å². The van der Waals surface area contributed by atoms with Crippen LogP contribution >= 0.6 is 0 Å². The number of halogens is 3. The van der Waals surface area contributed by atoms with Gasteiger partial charge in [0.15, 0.2) is 11.6 Å². The lowest BCUT2D eigenvalue weighted by Gasteiger charge is -2.47. The first kappa shape index (κ1) is 35.8. The van der Waals surface area contributed by atoms with Gasteiger partial charge >= 0.3 is 6.11 Å². The fourth-order valence-corrected chi connectivity index (χ4v) is 4.85. The number of nitrogens with zero attached hydrogens (tertiary/aromatic N) is 2. The summed E-state index contributed by atoms with van der Waals surface area (Å²) in [6.45, 7) is 13.9. The molecule has 238 valence electrons. The average Bonchev–Trinajstić information content (AvgIpc) is 2.95. The van der Waals surface area contributed by atoms with Gasteiger partial charge in [-0.2, -0.15) is 8.78 Å². The van der Waals surface area contributed by atoms with E-state index in [0.717, 1.165) is 30.5 Å². The number of hydrogen-bond donors (Lipinski definition) is 3. The number of carbonyl (C=O) groups is 1. The predicted octanol–water partition coefficient (Wildman–Crippen LogP) is 7.67. The molecule has 1 unspecified atom stereocenters. The van der Waals surface area contributed by atoms with Gasteiger partial charge in [-0.1, -0.05) is 47.3 Å². The Morgan fingerprint density at radius 3 is 2.21 bits per heavy atom. The fraction of sp³-hybridized carbons (Fsp3) is 0.515. The number of β-amino-alcohol motifs (C(OH)–C–C–N with tert-alkyl or cyclic N) is 1. The molecule has 10 heteroatoms. The van der Waals surface area contributed by atoms with E-state index in [-0.39, 0.29) is 18.3 Å². The Balaban J connectivity index is 0.000000621. The van der Waals surface area contributed by atoms with Crippen LogP contribution in [0.5, 0.6) is 5.75 Å². The van der Waals surface area contributed by atoms with Crippen molar-refractivity contribution in [1.29, 1.82) is 0 Å². The van der Waals surface area contributed by atoms with Crippen molar-refractivity contribution in [3.05, 3.63) is 60.6 Å². The number of carbonyl (C=O) groups excluding carboxylic acids is 1. The summed E-state index contributed by atoms with van der Waals surface area (Å²) in [5, 5.41) is 23.3. The number of benzene rings is 1. The highest BCUT2D eigenvalue weighted by Gasteiger charge is 2.42. The number of allylic oxidation sites excluding steroid dienone is 3. The summed E-state index contributed by atoms with van der Waals surface area (Å²) in [7, 11) is 0. The molecule has 43 heavy (non-hydrogen) atoms. The minimum atomic E-state index is -3.25. The Kier molecular flexibility index (Phi) is 13.3. The summed E-state index contributed by atoms with van der Waals surface area (Å²) >= 11 is 0. The van der Waals surface area contributed by atoms with E-state index in [1.807, 2.05) is 17.9 Å². The zero-order valence-electron chi connectivity index (χ0n) is 26.1. The average molecular weight is 606 g/mol. The molecule has 3 N–H and O–H groups in total. The molecule has 3 rings (SSSR count). The van der Waals surface area contributed by atoms with Crippen molar-refractivity contribution >= 4 is 28.5 Å². The molecule has 1 atom stereocenters. The minimum absolute atomic E-state index is 0.0763. The van der Waals surface area contributed by atoms with E-state index in [4.69, 9.17) is 0 Å². The summed E-state index contributed by atoms with van der Waals surface area (Å²) in [6, 6.07) is 8.26. The lowest BCUT2D eigenvalue weighted by Crippen LogP contribution is -2.64. The van der Waals surface area contributed by atoms with Gasteiger partial charge in [-0.15, -0.1) is 0 Å². The van der Waals surface area contributed by atoms with Crippen molar-refractivity contribution in [2.24, 2.45) is 11.8 Å². The first-order valence-corrected chi connectivity index (χ1v) is 14.8. The smallest absolute Gasteiger partial charge is 0.394 e. The molecule has 0 spiro atoms. The van der Waals surface area contributed by atoms with Gasteiger partial charge in [0.2, 0.25) is 0 Å². The fourth-order valence-electron chi connectivity index (χ4n) is 4.85. The molecule has 0 bridgehead atoms. The molecule has 0 saturated carbocycles. The summed E-state index contributed by atoms with van der Waals surface area (Å²) in [6.07, 6.45) is 4.15. The maximum Gasteiger partial charge on any atom is 0.394 e. The number of aliphatic hydroxyl groups excluding tert-OH is 1. The van der Waals surface area contributed by atoms with Crippen molar-refractivity contribution in [2.75, 3.05) is 29.9 Å². The molecule has 1 aromatic heterocycles.